The van der Waals surface area contributed by atoms with E-state index in [4.69, 9.17) is 4.74 Å². The van der Waals surface area contributed by atoms with E-state index in [2.05, 4.69) is 109 Å². The fourth-order valence-corrected chi connectivity index (χ4v) is 5.12. The van der Waals surface area contributed by atoms with E-state index in [1.165, 1.54) is 38.0 Å². The Bertz CT molecular complexity index is 1280. The molecule has 4 heteroatoms. The van der Waals surface area contributed by atoms with Crippen molar-refractivity contribution >= 4 is 33.9 Å². The maximum absolute atomic E-state index is 6.24. The minimum absolute atomic E-state index is 0.228. The van der Waals surface area contributed by atoms with Gasteiger partial charge in [-0.1, -0.05) is 48.5 Å². The number of hydrogen-bond donors (Lipinski definition) is 1. The molecule has 1 aliphatic heterocycles. The molecular formula is C30H32N2OS. The summed E-state index contributed by atoms with van der Waals surface area (Å²) in [5.41, 5.74) is 6.25. The van der Waals surface area contributed by atoms with Gasteiger partial charge in [-0.2, -0.15) is 0 Å². The molecular weight excluding hydrogens is 436 g/mol. The molecule has 0 fully saturated rings. The monoisotopic (exact) mass is 468 g/mol. The molecule has 174 valence electrons. The number of aryl methyl sites for hydroxylation is 1. The molecule has 1 N–H and O–H groups in total. The smallest absolute Gasteiger partial charge is 0.143 e. The SMILES string of the molecule is CSc1ccc(CNC(C)c2ccc3c(c2)OCCCN3c2ccc(C)c3ccccc23)cc1. The molecule has 4 aromatic rings. The number of hydrogen-bond acceptors (Lipinski definition) is 4. The lowest BCUT2D eigenvalue weighted by Crippen LogP contribution is -2.19. The highest BCUT2D eigenvalue weighted by molar-refractivity contribution is 7.98. The lowest BCUT2D eigenvalue weighted by molar-refractivity contribution is 0.322. The Morgan fingerprint density at radius 3 is 2.50 bits per heavy atom. The van der Waals surface area contributed by atoms with E-state index in [-0.39, 0.29) is 6.04 Å². The zero-order valence-electron chi connectivity index (χ0n) is 20.2. The molecule has 1 unspecified atom stereocenters. The summed E-state index contributed by atoms with van der Waals surface area (Å²) in [6.45, 7) is 6.93. The number of anilines is 2. The van der Waals surface area contributed by atoms with Gasteiger partial charge >= 0.3 is 0 Å². The van der Waals surface area contributed by atoms with Gasteiger partial charge in [-0.05, 0) is 78.9 Å². The molecule has 1 atom stereocenters. The van der Waals surface area contributed by atoms with Crippen molar-refractivity contribution < 1.29 is 4.74 Å². The van der Waals surface area contributed by atoms with Crippen LogP contribution >= 0.6 is 11.8 Å². The van der Waals surface area contributed by atoms with Gasteiger partial charge in [0, 0.05) is 35.1 Å². The molecule has 1 aliphatic rings. The van der Waals surface area contributed by atoms with Crippen molar-refractivity contribution in [3.8, 4) is 5.75 Å². The van der Waals surface area contributed by atoms with Crippen LogP contribution in [0.5, 0.6) is 5.75 Å². The average molecular weight is 469 g/mol. The molecule has 1 heterocycles. The van der Waals surface area contributed by atoms with Crippen LogP contribution in [0.2, 0.25) is 0 Å². The first-order valence-corrected chi connectivity index (χ1v) is 13.3. The normalized spacial score (nSPS) is 14.4. The van der Waals surface area contributed by atoms with Gasteiger partial charge in [0.15, 0.2) is 0 Å². The Morgan fingerprint density at radius 1 is 0.941 bits per heavy atom. The Balaban J connectivity index is 1.40. The van der Waals surface area contributed by atoms with E-state index >= 15 is 0 Å². The molecule has 0 spiro atoms. The number of rotatable bonds is 6. The van der Waals surface area contributed by atoms with Crippen molar-refractivity contribution in [2.45, 2.75) is 37.8 Å². The third-order valence-corrected chi connectivity index (χ3v) is 7.48. The summed E-state index contributed by atoms with van der Waals surface area (Å²) in [6, 6.07) is 28.9. The number of nitrogens with zero attached hydrogens (tertiary/aromatic N) is 1. The number of ether oxygens (including phenoxy) is 1. The highest BCUT2D eigenvalue weighted by atomic mass is 32.2. The molecule has 0 aromatic heterocycles. The Kier molecular flexibility index (Phi) is 6.80. The largest absolute Gasteiger partial charge is 0.491 e. The van der Waals surface area contributed by atoms with Gasteiger partial charge in [0.2, 0.25) is 0 Å². The fraction of sp³-hybridized carbons (Fsp3) is 0.267. The Morgan fingerprint density at radius 2 is 1.71 bits per heavy atom. The van der Waals surface area contributed by atoms with Gasteiger partial charge in [0.1, 0.15) is 5.75 Å². The zero-order valence-corrected chi connectivity index (χ0v) is 21.0. The maximum Gasteiger partial charge on any atom is 0.143 e. The summed E-state index contributed by atoms with van der Waals surface area (Å²) in [6.07, 6.45) is 3.10. The molecule has 0 radical (unpaired) electrons. The van der Waals surface area contributed by atoms with Crippen LogP contribution in [0.4, 0.5) is 11.4 Å². The summed E-state index contributed by atoms with van der Waals surface area (Å²) < 4.78 is 6.24. The highest BCUT2D eigenvalue weighted by Crippen LogP contribution is 2.41. The molecule has 0 saturated heterocycles. The zero-order chi connectivity index (χ0) is 23.5. The van der Waals surface area contributed by atoms with E-state index in [9.17, 15) is 0 Å². The summed E-state index contributed by atoms with van der Waals surface area (Å²) in [7, 11) is 0. The molecule has 0 bridgehead atoms. The third kappa shape index (κ3) is 4.66. The van der Waals surface area contributed by atoms with E-state index in [0.717, 1.165) is 37.6 Å². The molecule has 4 aromatic carbocycles. The molecule has 0 saturated carbocycles. The maximum atomic E-state index is 6.24. The molecule has 34 heavy (non-hydrogen) atoms. The van der Waals surface area contributed by atoms with E-state index in [0.29, 0.717) is 0 Å². The van der Waals surface area contributed by atoms with Crippen LogP contribution in [0.1, 0.15) is 36.1 Å². The molecule has 0 amide bonds. The molecule has 0 aliphatic carbocycles. The number of benzene rings is 4. The van der Waals surface area contributed by atoms with E-state index in [1.54, 1.807) is 11.8 Å². The lowest BCUT2D eigenvalue weighted by atomic mass is 10.0. The van der Waals surface area contributed by atoms with E-state index < -0.39 is 0 Å². The van der Waals surface area contributed by atoms with Crippen molar-refractivity contribution in [3.63, 3.8) is 0 Å². The summed E-state index contributed by atoms with van der Waals surface area (Å²) in [5, 5.41) is 6.28. The predicted molar refractivity (Wildman–Crippen MR) is 146 cm³/mol. The minimum Gasteiger partial charge on any atom is -0.491 e. The van der Waals surface area contributed by atoms with Crippen LogP contribution in [-0.4, -0.2) is 19.4 Å². The van der Waals surface area contributed by atoms with Crippen molar-refractivity contribution in [2.75, 3.05) is 24.3 Å². The van der Waals surface area contributed by atoms with Gasteiger partial charge < -0.3 is 15.0 Å². The van der Waals surface area contributed by atoms with Crippen LogP contribution in [0.15, 0.2) is 83.8 Å². The van der Waals surface area contributed by atoms with Crippen molar-refractivity contribution in [1.82, 2.24) is 5.32 Å². The van der Waals surface area contributed by atoms with Crippen LogP contribution in [0.3, 0.4) is 0 Å². The fourth-order valence-electron chi connectivity index (χ4n) is 4.72. The number of thioether (sulfide) groups is 1. The summed E-state index contributed by atoms with van der Waals surface area (Å²) in [4.78, 5) is 3.73. The van der Waals surface area contributed by atoms with E-state index in [1.807, 2.05) is 0 Å². The number of fused-ring (bicyclic) bond motifs is 2. The predicted octanol–water partition coefficient (Wildman–Crippen LogP) is 7.64. The Labute approximate surface area is 207 Å². The van der Waals surface area contributed by atoms with Crippen LogP contribution in [0.25, 0.3) is 10.8 Å². The van der Waals surface area contributed by atoms with Gasteiger partial charge in [-0.25, -0.2) is 0 Å². The van der Waals surface area contributed by atoms with Crippen molar-refractivity contribution in [3.05, 3.63) is 95.6 Å². The summed E-state index contributed by atoms with van der Waals surface area (Å²) in [5.74, 6) is 0.970. The molecule has 3 nitrogen and oxygen atoms in total. The number of nitrogens with one attached hydrogen (secondary N) is 1. The van der Waals surface area contributed by atoms with Crippen molar-refractivity contribution in [1.29, 1.82) is 0 Å². The second-order valence-corrected chi connectivity index (χ2v) is 9.86. The first-order chi connectivity index (χ1) is 16.6. The van der Waals surface area contributed by atoms with Gasteiger partial charge in [0.25, 0.3) is 0 Å². The van der Waals surface area contributed by atoms with Crippen LogP contribution in [-0.2, 0) is 6.54 Å². The lowest BCUT2D eigenvalue weighted by Gasteiger charge is -2.27. The first-order valence-electron chi connectivity index (χ1n) is 12.0. The Hall–Kier alpha value is -2.95. The quantitative estimate of drug-likeness (QED) is 0.294. The topological polar surface area (TPSA) is 24.5 Å². The second kappa shape index (κ2) is 10.1. The van der Waals surface area contributed by atoms with Crippen molar-refractivity contribution in [2.24, 2.45) is 0 Å². The van der Waals surface area contributed by atoms with Gasteiger partial charge in [0.05, 0.1) is 12.3 Å². The van der Waals surface area contributed by atoms with Gasteiger partial charge in [-0.3, -0.25) is 0 Å². The van der Waals surface area contributed by atoms with Crippen LogP contribution < -0.4 is 15.0 Å². The van der Waals surface area contributed by atoms with Gasteiger partial charge in [-0.15, -0.1) is 11.8 Å². The minimum atomic E-state index is 0.228. The highest BCUT2D eigenvalue weighted by Gasteiger charge is 2.21. The molecule has 5 rings (SSSR count). The van der Waals surface area contributed by atoms with Crippen LogP contribution in [0, 0.1) is 6.92 Å². The average Bonchev–Trinajstić information content (AvgIpc) is 3.10. The second-order valence-electron chi connectivity index (χ2n) is 8.98. The standard InChI is InChI=1S/C30H32N2OS/c1-21-9-15-28(27-8-5-4-7-26(21)27)32-17-6-18-33-30-19-24(12-16-29(30)32)22(2)31-20-23-10-13-25(34-3)14-11-23/h4-5,7-16,19,22,31H,6,17-18,20H2,1-3H3. The third-order valence-electron chi connectivity index (χ3n) is 6.74. The first kappa shape index (κ1) is 22.8. The summed E-state index contributed by atoms with van der Waals surface area (Å²) >= 11 is 1.77.